The lowest BCUT2D eigenvalue weighted by Crippen LogP contribution is -2.39. The molecule has 0 amide bonds. The first-order valence-electron chi connectivity index (χ1n) is 10.0. The standard InChI is InChI=1S/C22H24FN3O2S2/c1-2-30(27,28)20-9-7-19(8-10-20)26-13-11-18(12-14-26)24-22-25-21(15-29-22)16-3-5-17(23)6-4-16/h3-10,15,18H,2,11-14H2,1H3,(H,24,25). The van der Waals surface area contributed by atoms with E-state index in [1.807, 2.05) is 17.5 Å². The Balaban J connectivity index is 1.33. The molecule has 2 heterocycles. The van der Waals surface area contributed by atoms with Crippen molar-refractivity contribution in [3.8, 4) is 11.3 Å². The molecule has 1 N–H and O–H groups in total. The van der Waals surface area contributed by atoms with E-state index in [0.717, 1.165) is 48.0 Å². The number of hydrogen-bond donors (Lipinski definition) is 1. The van der Waals surface area contributed by atoms with Crippen molar-refractivity contribution in [3.63, 3.8) is 0 Å². The number of thiazole rings is 1. The number of nitrogens with one attached hydrogen (secondary N) is 1. The number of anilines is 2. The molecule has 1 saturated heterocycles. The van der Waals surface area contributed by atoms with Crippen molar-refractivity contribution >= 4 is 32.0 Å². The number of aromatic nitrogens is 1. The zero-order valence-corrected chi connectivity index (χ0v) is 18.3. The molecular weight excluding hydrogens is 421 g/mol. The molecule has 0 unspecified atom stereocenters. The van der Waals surface area contributed by atoms with Gasteiger partial charge in [0.15, 0.2) is 15.0 Å². The summed E-state index contributed by atoms with van der Waals surface area (Å²) in [4.78, 5) is 7.30. The molecular formula is C22H24FN3O2S2. The van der Waals surface area contributed by atoms with E-state index in [1.54, 1.807) is 42.5 Å². The van der Waals surface area contributed by atoms with Gasteiger partial charge >= 0.3 is 0 Å². The fourth-order valence-electron chi connectivity index (χ4n) is 3.58. The lowest BCUT2D eigenvalue weighted by atomic mass is 10.0. The molecule has 0 radical (unpaired) electrons. The predicted molar refractivity (Wildman–Crippen MR) is 121 cm³/mol. The molecule has 1 aliphatic heterocycles. The second kappa shape index (κ2) is 8.73. The zero-order valence-electron chi connectivity index (χ0n) is 16.7. The number of benzene rings is 2. The summed E-state index contributed by atoms with van der Waals surface area (Å²) >= 11 is 1.56. The van der Waals surface area contributed by atoms with Crippen LogP contribution in [-0.4, -0.2) is 38.3 Å². The summed E-state index contributed by atoms with van der Waals surface area (Å²) in [5.74, 6) is -0.135. The first kappa shape index (κ1) is 20.8. The van der Waals surface area contributed by atoms with E-state index in [1.165, 1.54) is 12.1 Å². The fraction of sp³-hybridized carbons (Fsp3) is 0.318. The Hall–Kier alpha value is -2.45. The second-order valence-corrected chi connectivity index (χ2v) is 10.5. The van der Waals surface area contributed by atoms with Gasteiger partial charge in [-0.25, -0.2) is 17.8 Å². The molecule has 4 rings (SSSR count). The van der Waals surface area contributed by atoms with Gasteiger partial charge in [-0.05, 0) is 61.4 Å². The van der Waals surface area contributed by atoms with Crippen LogP contribution in [0.5, 0.6) is 0 Å². The molecule has 5 nitrogen and oxygen atoms in total. The largest absolute Gasteiger partial charge is 0.371 e. The van der Waals surface area contributed by atoms with Crippen molar-refractivity contribution < 1.29 is 12.8 Å². The first-order chi connectivity index (χ1) is 14.4. The van der Waals surface area contributed by atoms with Crippen LogP contribution in [0.25, 0.3) is 11.3 Å². The molecule has 3 aromatic rings. The van der Waals surface area contributed by atoms with Crippen LogP contribution < -0.4 is 10.2 Å². The van der Waals surface area contributed by atoms with Gasteiger partial charge in [0.1, 0.15) is 5.82 Å². The zero-order chi connectivity index (χ0) is 21.1. The van der Waals surface area contributed by atoms with E-state index < -0.39 is 9.84 Å². The topological polar surface area (TPSA) is 62.3 Å². The number of nitrogens with zero attached hydrogens (tertiary/aromatic N) is 2. The molecule has 1 aromatic heterocycles. The molecule has 0 aliphatic carbocycles. The third kappa shape index (κ3) is 4.65. The highest BCUT2D eigenvalue weighted by molar-refractivity contribution is 7.91. The summed E-state index contributed by atoms with van der Waals surface area (Å²) in [6.07, 6.45) is 1.95. The van der Waals surface area contributed by atoms with Gasteiger partial charge in [0.05, 0.1) is 16.3 Å². The lowest BCUT2D eigenvalue weighted by Gasteiger charge is -2.34. The van der Waals surface area contributed by atoms with Gasteiger partial charge in [-0.1, -0.05) is 6.92 Å². The van der Waals surface area contributed by atoms with Crippen LogP contribution in [0.15, 0.2) is 58.8 Å². The monoisotopic (exact) mass is 445 g/mol. The second-order valence-electron chi connectivity index (χ2n) is 7.35. The fourth-order valence-corrected chi connectivity index (χ4v) is 5.26. The predicted octanol–water partition coefficient (Wildman–Crippen LogP) is 4.82. The summed E-state index contributed by atoms with van der Waals surface area (Å²) in [5.41, 5.74) is 2.81. The van der Waals surface area contributed by atoms with Gasteiger partial charge in [-0.2, -0.15) is 0 Å². The average Bonchev–Trinajstić information content (AvgIpc) is 3.23. The van der Waals surface area contributed by atoms with Crippen molar-refractivity contribution in [2.24, 2.45) is 0 Å². The van der Waals surface area contributed by atoms with Crippen LogP contribution in [0.2, 0.25) is 0 Å². The van der Waals surface area contributed by atoms with Crippen LogP contribution >= 0.6 is 11.3 Å². The van der Waals surface area contributed by atoms with Crippen molar-refractivity contribution in [1.82, 2.24) is 4.98 Å². The van der Waals surface area contributed by atoms with Gasteiger partial charge in [0.25, 0.3) is 0 Å². The van der Waals surface area contributed by atoms with Crippen molar-refractivity contribution in [2.45, 2.75) is 30.7 Å². The number of hydrogen-bond acceptors (Lipinski definition) is 6. The van der Waals surface area contributed by atoms with Crippen molar-refractivity contribution in [1.29, 1.82) is 0 Å². The summed E-state index contributed by atoms with van der Waals surface area (Å²) in [7, 11) is -3.16. The van der Waals surface area contributed by atoms with Crippen LogP contribution in [0.3, 0.4) is 0 Å². The van der Waals surface area contributed by atoms with E-state index in [0.29, 0.717) is 10.9 Å². The summed E-state index contributed by atoms with van der Waals surface area (Å²) in [6.45, 7) is 3.45. The Morgan fingerprint density at radius 2 is 1.77 bits per heavy atom. The molecule has 30 heavy (non-hydrogen) atoms. The summed E-state index contributed by atoms with van der Waals surface area (Å²) in [5, 5.41) is 6.38. The minimum atomic E-state index is -3.16. The highest BCUT2D eigenvalue weighted by atomic mass is 32.2. The van der Waals surface area contributed by atoms with E-state index in [9.17, 15) is 12.8 Å². The van der Waals surface area contributed by atoms with E-state index in [-0.39, 0.29) is 11.6 Å². The van der Waals surface area contributed by atoms with Crippen LogP contribution in [0.1, 0.15) is 19.8 Å². The maximum Gasteiger partial charge on any atom is 0.183 e. The number of sulfone groups is 1. The Morgan fingerprint density at radius 1 is 1.10 bits per heavy atom. The summed E-state index contributed by atoms with van der Waals surface area (Å²) < 4.78 is 37.0. The maximum atomic E-state index is 13.1. The Bertz CT molecular complexity index is 1090. The van der Waals surface area contributed by atoms with Crippen LogP contribution in [0, 0.1) is 5.82 Å². The van der Waals surface area contributed by atoms with Crippen LogP contribution in [0.4, 0.5) is 15.2 Å². The van der Waals surface area contributed by atoms with Gasteiger partial charge in [0, 0.05) is 35.8 Å². The molecule has 0 bridgehead atoms. The highest BCUT2D eigenvalue weighted by Crippen LogP contribution is 2.28. The number of rotatable bonds is 6. The molecule has 0 spiro atoms. The molecule has 8 heteroatoms. The minimum absolute atomic E-state index is 0.114. The first-order valence-corrected chi connectivity index (χ1v) is 12.5. The quantitative estimate of drug-likeness (QED) is 0.589. The summed E-state index contributed by atoms with van der Waals surface area (Å²) in [6, 6.07) is 13.9. The van der Waals surface area contributed by atoms with E-state index in [4.69, 9.17) is 0 Å². The molecule has 0 atom stereocenters. The van der Waals surface area contributed by atoms with E-state index >= 15 is 0 Å². The third-order valence-electron chi connectivity index (χ3n) is 5.41. The van der Waals surface area contributed by atoms with Gasteiger partial charge in [-0.15, -0.1) is 11.3 Å². The Kier molecular flexibility index (Phi) is 6.06. The smallest absolute Gasteiger partial charge is 0.183 e. The molecule has 2 aromatic carbocycles. The lowest BCUT2D eigenvalue weighted by molar-refractivity contribution is 0.526. The average molecular weight is 446 g/mol. The molecule has 1 aliphatic rings. The third-order valence-corrected chi connectivity index (χ3v) is 7.93. The van der Waals surface area contributed by atoms with Crippen molar-refractivity contribution in [2.75, 3.05) is 29.1 Å². The van der Waals surface area contributed by atoms with Gasteiger partial charge < -0.3 is 10.2 Å². The highest BCUT2D eigenvalue weighted by Gasteiger charge is 2.21. The molecule has 158 valence electrons. The Labute approximate surface area is 180 Å². The SMILES string of the molecule is CCS(=O)(=O)c1ccc(N2CCC(Nc3nc(-c4ccc(F)cc4)cs3)CC2)cc1. The van der Waals surface area contributed by atoms with Crippen LogP contribution in [-0.2, 0) is 9.84 Å². The normalized spacial score (nSPS) is 15.3. The molecule has 1 fully saturated rings. The van der Waals surface area contributed by atoms with Crippen molar-refractivity contribution in [3.05, 3.63) is 59.7 Å². The minimum Gasteiger partial charge on any atom is -0.371 e. The van der Waals surface area contributed by atoms with Gasteiger partial charge in [0.2, 0.25) is 0 Å². The maximum absolute atomic E-state index is 13.1. The number of halogens is 1. The van der Waals surface area contributed by atoms with E-state index in [2.05, 4.69) is 15.2 Å². The molecule has 0 saturated carbocycles. The number of piperidine rings is 1. The Morgan fingerprint density at radius 3 is 2.40 bits per heavy atom. The van der Waals surface area contributed by atoms with Gasteiger partial charge in [-0.3, -0.25) is 0 Å².